The third-order valence-electron chi connectivity index (χ3n) is 7.65. The summed E-state index contributed by atoms with van der Waals surface area (Å²) in [4.78, 5) is 30.2. The molecular formula is C32H37FN2O5. The van der Waals surface area contributed by atoms with Crippen LogP contribution >= 0.6 is 0 Å². The first-order valence-electron chi connectivity index (χ1n) is 13.6. The Morgan fingerprint density at radius 2 is 1.45 bits per heavy atom. The highest BCUT2D eigenvalue weighted by atomic mass is 19.1. The smallest absolute Gasteiger partial charge is 0.167 e. The first kappa shape index (κ1) is 29.4. The number of nitrogens with one attached hydrogen (secondary N) is 1. The van der Waals surface area contributed by atoms with Crippen molar-refractivity contribution in [2.45, 2.75) is 38.8 Å². The number of aliphatic hydroxyl groups is 1. The first-order chi connectivity index (χ1) is 19.1. The van der Waals surface area contributed by atoms with Crippen LogP contribution in [0.2, 0.25) is 0 Å². The summed E-state index contributed by atoms with van der Waals surface area (Å²) in [5.41, 5.74) is 1.55. The van der Waals surface area contributed by atoms with Crippen molar-refractivity contribution in [3.05, 3.63) is 94.8 Å². The predicted molar refractivity (Wildman–Crippen MR) is 151 cm³/mol. The zero-order valence-corrected chi connectivity index (χ0v) is 23.0. The second-order valence-corrected chi connectivity index (χ2v) is 10.9. The lowest BCUT2D eigenvalue weighted by molar-refractivity contribution is 0.0522. The van der Waals surface area contributed by atoms with E-state index in [1.54, 1.807) is 43.3 Å². The number of nitrogens with zero attached hydrogens (tertiary/aromatic N) is 1. The number of phenols is 2. The summed E-state index contributed by atoms with van der Waals surface area (Å²) in [5, 5.41) is 33.6. The molecule has 0 amide bonds. The van der Waals surface area contributed by atoms with E-state index in [1.807, 2.05) is 18.7 Å². The molecule has 1 unspecified atom stereocenters. The van der Waals surface area contributed by atoms with Gasteiger partial charge in [-0.15, -0.1) is 0 Å². The zero-order valence-electron chi connectivity index (χ0n) is 23.0. The molecule has 0 saturated carbocycles. The number of likely N-dealkylation sites (tertiary alicyclic amines) is 1. The number of aromatic hydroxyl groups is 2. The lowest BCUT2D eigenvalue weighted by Gasteiger charge is -2.44. The van der Waals surface area contributed by atoms with Crippen LogP contribution in [0.4, 0.5) is 4.39 Å². The van der Waals surface area contributed by atoms with Crippen molar-refractivity contribution in [2.24, 2.45) is 11.8 Å². The third kappa shape index (κ3) is 6.58. The Kier molecular flexibility index (Phi) is 9.35. The van der Waals surface area contributed by atoms with Crippen molar-refractivity contribution in [1.29, 1.82) is 0 Å². The number of rotatable bonds is 10. The molecule has 1 heterocycles. The molecule has 1 fully saturated rings. The van der Waals surface area contributed by atoms with E-state index in [2.05, 4.69) is 5.32 Å². The number of aliphatic hydroxyl groups excluding tert-OH is 1. The van der Waals surface area contributed by atoms with E-state index in [1.165, 1.54) is 30.3 Å². The van der Waals surface area contributed by atoms with E-state index in [-0.39, 0.29) is 54.8 Å². The molecule has 8 heteroatoms. The number of hydrogen-bond acceptors (Lipinski definition) is 7. The van der Waals surface area contributed by atoms with Crippen LogP contribution in [0.1, 0.15) is 51.6 Å². The molecule has 4 N–H and O–H groups in total. The lowest BCUT2D eigenvalue weighted by Crippen LogP contribution is -2.55. The van der Waals surface area contributed by atoms with Crippen LogP contribution in [0.5, 0.6) is 11.5 Å². The molecule has 7 nitrogen and oxygen atoms in total. The molecule has 0 bridgehead atoms. The number of hydrogen-bond donors (Lipinski definition) is 4. The molecule has 4 rings (SSSR count). The van der Waals surface area contributed by atoms with E-state index in [4.69, 9.17) is 0 Å². The van der Waals surface area contributed by atoms with E-state index in [0.717, 1.165) is 0 Å². The summed E-state index contributed by atoms with van der Waals surface area (Å²) in [6.07, 6.45) is 0. The number of piperidine rings is 1. The van der Waals surface area contributed by atoms with Gasteiger partial charge >= 0.3 is 0 Å². The molecule has 212 valence electrons. The average Bonchev–Trinajstić information content (AvgIpc) is 2.93. The Morgan fingerprint density at radius 1 is 0.925 bits per heavy atom. The largest absolute Gasteiger partial charge is 0.508 e. The average molecular weight is 549 g/mol. The number of phenolic OH excluding ortho intramolecular Hbond substituents is 2. The van der Waals surface area contributed by atoms with Gasteiger partial charge in [-0.1, -0.05) is 50.2 Å². The molecule has 3 aromatic carbocycles. The summed E-state index contributed by atoms with van der Waals surface area (Å²) in [5.74, 6) is -3.21. The van der Waals surface area contributed by atoms with E-state index >= 15 is 0 Å². The first-order valence-corrected chi connectivity index (χ1v) is 13.6. The molecule has 0 spiro atoms. The van der Waals surface area contributed by atoms with Gasteiger partial charge in [0.1, 0.15) is 17.3 Å². The Bertz CT molecular complexity index is 1290. The highest BCUT2D eigenvalue weighted by Gasteiger charge is 2.46. The maximum Gasteiger partial charge on any atom is 0.167 e. The van der Waals surface area contributed by atoms with Gasteiger partial charge in [0.2, 0.25) is 0 Å². The van der Waals surface area contributed by atoms with Gasteiger partial charge in [0.05, 0.1) is 6.61 Å². The van der Waals surface area contributed by atoms with Crippen molar-refractivity contribution in [3.8, 4) is 11.5 Å². The molecule has 0 radical (unpaired) electrons. The third-order valence-corrected chi connectivity index (χ3v) is 7.65. The summed E-state index contributed by atoms with van der Waals surface area (Å²) in [7, 11) is 0. The van der Waals surface area contributed by atoms with Gasteiger partial charge in [-0.2, -0.15) is 0 Å². The van der Waals surface area contributed by atoms with Crippen LogP contribution in [0.15, 0.2) is 66.7 Å². The highest BCUT2D eigenvalue weighted by molar-refractivity contribution is 6.02. The van der Waals surface area contributed by atoms with Gasteiger partial charge < -0.3 is 25.5 Å². The van der Waals surface area contributed by atoms with Crippen LogP contribution < -0.4 is 5.32 Å². The van der Waals surface area contributed by atoms with Gasteiger partial charge in [0, 0.05) is 60.6 Å². The molecular weight excluding hydrogens is 511 g/mol. The van der Waals surface area contributed by atoms with Crippen LogP contribution in [0.3, 0.4) is 0 Å². The molecule has 40 heavy (non-hydrogen) atoms. The minimum Gasteiger partial charge on any atom is -0.508 e. The van der Waals surface area contributed by atoms with Gasteiger partial charge in [-0.05, 0) is 48.4 Å². The van der Waals surface area contributed by atoms with Crippen molar-refractivity contribution in [2.75, 3.05) is 26.2 Å². The molecule has 0 aromatic heterocycles. The second-order valence-electron chi connectivity index (χ2n) is 10.9. The van der Waals surface area contributed by atoms with Crippen LogP contribution in [0, 0.1) is 24.6 Å². The monoisotopic (exact) mass is 548 g/mol. The summed E-state index contributed by atoms with van der Waals surface area (Å²) in [6.45, 7) is 6.41. The topological polar surface area (TPSA) is 110 Å². The van der Waals surface area contributed by atoms with Crippen molar-refractivity contribution < 1.29 is 29.3 Å². The van der Waals surface area contributed by atoms with Crippen LogP contribution in [-0.2, 0) is 0 Å². The summed E-state index contributed by atoms with van der Waals surface area (Å²) < 4.78 is 14.9. The normalized spacial score (nSPS) is 20.4. The number of ketones is 2. The van der Waals surface area contributed by atoms with Crippen molar-refractivity contribution >= 4 is 11.6 Å². The Hall–Kier alpha value is -3.59. The maximum absolute atomic E-state index is 14.9. The molecule has 1 aliphatic rings. The number of carbonyl (C=O) groups excluding carboxylic acids is 2. The van der Waals surface area contributed by atoms with Gasteiger partial charge in [-0.3, -0.25) is 9.59 Å². The number of benzene rings is 3. The van der Waals surface area contributed by atoms with E-state index in [9.17, 15) is 29.3 Å². The fourth-order valence-corrected chi connectivity index (χ4v) is 5.89. The minimum atomic E-state index is -0.749. The standard InChI is InChI=1S/C32H37FN2O5/c1-19(2)34-23(18-36)15-35-16-27(31(39)21-7-4-9-24(37)13-21)30(26-11-6-12-29(33)20(26)3)28(17-35)32(40)22-8-5-10-25(38)14-22/h4-14,19,23,27-28,30,34,36-38H,15-18H2,1-3H3/t23-,27-,28+,30?/m1/s1. The van der Waals surface area contributed by atoms with Crippen molar-refractivity contribution in [3.63, 3.8) is 0 Å². The van der Waals surface area contributed by atoms with E-state index in [0.29, 0.717) is 28.8 Å². The molecule has 0 aliphatic carbocycles. The van der Waals surface area contributed by atoms with Gasteiger partial charge in [0.25, 0.3) is 0 Å². The Balaban J connectivity index is 1.85. The molecule has 4 atom stereocenters. The van der Waals surface area contributed by atoms with Crippen LogP contribution in [-0.4, -0.2) is 70.1 Å². The van der Waals surface area contributed by atoms with Crippen LogP contribution in [0.25, 0.3) is 0 Å². The summed E-state index contributed by atoms with van der Waals surface area (Å²) >= 11 is 0. The molecule has 1 aliphatic heterocycles. The molecule has 1 saturated heterocycles. The second kappa shape index (κ2) is 12.7. The Morgan fingerprint density at radius 3 is 1.93 bits per heavy atom. The fraction of sp³-hybridized carbons (Fsp3) is 0.375. The molecule has 3 aromatic rings. The lowest BCUT2D eigenvalue weighted by atomic mass is 9.67. The SMILES string of the molecule is Cc1c(F)cccc1C1[C@@H](C(=O)c2cccc(O)c2)CN(C[C@H](CO)NC(C)C)C[C@H]1C(=O)c1cccc(O)c1. The zero-order chi connectivity index (χ0) is 29.0. The number of carbonyl (C=O) groups is 2. The summed E-state index contributed by atoms with van der Waals surface area (Å²) in [6, 6.07) is 16.7. The van der Waals surface area contributed by atoms with Crippen molar-refractivity contribution in [1.82, 2.24) is 10.2 Å². The van der Waals surface area contributed by atoms with E-state index < -0.39 is 23.6 Å². The highest BCUT2D eigenvalue weighted by Crippen LogP contribution is 2.42. The predicted octanol–water partition coefficient (Wildman–Crippen LogP) is 4.30. The Labute approximate surface area is 234 Å². The fourth-order valence-electron chi connectivity index (χ4n) is 5.89. The van der Waals surface area contributed by atoms with Gasteiger partial charge in [-0.25, -0.2) is 4.39 Å². The number of Topliss-reactive ketones (excluding diaryl/α,β-unsaturated/α-hetero) is 2. The maximum atomic E-state index is 14.9. The van der Waals surface area contributed by atoms with Gasteiger partial charge in [0.15, 0.2) is 11.6 Å². The quantitative estimate of drug-likeness (QED) is 0.280. The number of halogens is 1. The minimum absolute atomic E-state index is 0.0501.